The van der Waals surface area contributed by atoms with Crippen LogP contribution in [0.4, 0.5) is 13.2 Å². The van der Waals surface area contributed by atoms with E-state index in [0.29, 0.717) is 41.9 Å². The van der Waals surface area contributed by atoms with Gasteiger partial charge in [0.25, 0.3) is 0 Å². The first kappa shape index (κ1) is 20.0. The third-order valence-electron chi connectivity index (χ3n) is 9.50. The molecule has 4 aliphatic rings. The Morgan fingerprint density at radius 3 is 2.30 bits per heavy atom. The Kier molecular flexibility index (Phi) is 4.71. The lowest BCUT2D eigenvalue weighted by molar-refractivity contribution is -0.282. The Morgan fingerprint density at radius 1 is 1.00 bits per heavy atom. The van der Waals surface area contributed by atoms with Gasteiger partial charge >= 0.3 is 6.18 Å². The van der Waals surface area contributed by atoms with E-state index in [9.17, 15) is 23.4 Å². The molecule has 0 aromatic heterocycles. The number of hydrogen-bond donors (Lipinski definition) is 2. The highest BCUT2D eigenvalue weighted by Gasteiger charge is 2.63. The molecule has 4 rings (SSSR count). The van der Waals surface area contributed by atoms with Gasteiger partial charge in [0, 0.05) is 0 Å². The lowest BCUT2D eigenvalue weighted by Gasteiger charge is -2.58. The molecule has 27 heavy (non-hydrogen) atoms. The molecule has 156 valence electrons. The second-order valence-electron chi connectivity index (χ2n) is 10.7. The van der Waals surface area contributed by atoms with Crippen molar-refractivity contribution in [2.45, 2.75) is 90.0 Å². The number of aliphatic hydroxyl groups excluding tert-OH is 1. The van der Waals surface area contributed by atoms with Crippen molar-refractivity contribution in [1.29, 1.82) is 0 Å². The van der Waals surface area contributed by atoms with Crippen LogP contribution in [0.15, 0.2) is 0 Å². The Bertz CT molecular complexity index is 576. The molecular formula is C22H35F3O2. The summed E-state index contributed by atoms with van der Waals surface area (Å²) in [7, 11) is 0. The molecule has 2 nitrogen and oxygen atoms in total. The number of rotatable bonds is 1. The summed E-state index contributed by atoms with van der Waals surface area (Å²) in [5.74, 6) is 2.96. The van der Waals surface area contributed by atoms with Crippen molar-refractivity contribution < 1.29 is 23.4 Å². The molecule has 0 spiro atoms. The van der Waals surface area contributed by atoms with E-state index in [4.69, 9.17) is 0 Å². The maximum Gasteiger partial charge on any atom is 0.417 e. The van der Waals surface area contributed by atoms with Gasteiger partial charge in [0.15, 0.2) is 5.60 Å². The van der Waals surface area contributed by atoms with E-state index in [1.165, 1.54) is 0 Å². The molecule has 4 fully saturated rings. The van der Waals surface area contributed by atoms with Gasteiger partial charge in [-0.1, -0.05) is 13.8 Å². The molecule has 5 heteroatoms. The highest BCUT2D eigenvalue weighted by Crippen LogP contribution is 2.67. The zero-order valence-electron chi connectivity index (χ0n) is 16.8. The maximum atomic E-state index is 13.3. The molecule has 0 heterocycles. The number of hydrogen-bond acceptors (Lipinski definition) is 2. The van der Waals surface area contributed by atoms with E-state index >= 15 is 0 Å². The SMILES string of the molecule is C[C@@H]1C[C@H]([C@@H](C)O)[C@@]2(C)CC[C@H]3[C@@H](CC[C@@H]4C[C@@](O)(C(F)(F)F)CC[C@@H]43)[C@H]12. The molecule has 0 aliphatic heterocycles. The summed E-state index contributed by atoms with van der Waals surface area (Å²) in [6.45, 7) is 6.61. The van der Waals surface area contributed by atoms with Crippen LogP contribution in [0.5, 0.6) is 0 Å². The number of alkyl halides is 3. The van der Waals surface area contributed by atoms with E-state index in [1.807, 2.05) is 6.92 Å². The van der Waals surface area contributed by atoms with Gasteiger partial charge in [0.1, 0.15) is 0 Å². The molecule has 0 aromatic rings. The van der Waals surface area contributed by atoms with Crippen molar-refractivity contribution in [2.24, 2.45) is 46.8 Å². The molecule has 0 radical (unpaired) electrons. The zero-order valence-corrected chi connectivity index (χ0v) is 16.8. The van der Waals surface area contributed by atoms with E-state index < -0.39 is 11.8 Å². The third kappa shape index (κ3) is 2.89. The second-order valence-corrected chi connectivity index (χ2v) is 10.7. The van der Waals surface area contributed by atoms with E-state index in [-0.39, 0.29) is 30.3 Å². The van der Waals surface area contributed by atoms with Crippen LogP contribution in [0.25, 0.3) is 0 Å². The minimum absolute atomic E-state index is 0.0141. The smallest absolute Gasteiger partial charge is 0.393 e. The zero-order chi connectivity index (χ0) is 19.8. The fourth-order valence-corrected chi connectivity index (χ4v) is 8.48. The first-order chi connectivity index (χ1) is 12.5. The van der Waals surface area contributed by atoms with Gasteiger partial charge < -0.3 is 10.2 Å². The first-order valence-electron chi connectivity index (χ1n) is 10.9. The number of halogens is 3. The third-order valence-corrected chi connectivity index (χ3v) is 9.50. The van der Waals surface area contributed by atoms with Gasteiger partial charge in [-0.3, -0.25) is 0 Å². The molecule has 0 bridgehead atoms. The molecule has 4 saturated carbocycles. The van der Waals surface area contributed by atoms with E-state index in [2.05, 4.69) is 13.8 Å². The monoisotopic (exact) mass is 388 g/mol. The molecule has 4 aliphatic carbocycles. The Morgan fingerprint density at radius 2 is 1.67 bits per heavy atom. The first-order valence-corrected chi connectivity index (χ1v) is 10.9. The van der Waals surface area contributed by atoms with Gasteiger partial charge in [-0.2, -0.15) is 13.2 Å². The standard InChI is InChI=1S/C22H35F3O2/c1-12-10-18(13(2)26)20(3)8-6-16-15-7-9-21(27,22(23,24)25)11-14(15)4-5-17(16)19(12)20/h12-19,26-27H,4-11H2,1-3H3/t12-,13-,14-,15+,16-,17-,18-,19+,20-,21-/m1/s1. The largest absolute Gasteiger partial charge is 0.417 e. The highest BCUT2D eigenvalue weighted by molar-refractivity contribution is 5.10. The maximum absolute atomic E-state index is 13.3. The van der Waals surface area contributed by atoms with Crippen LogP contribution in [-0.2, 0) is 0 Å². The molecule has 0 amide bonds. The van der Waals surface area contributed by atoms with Crippen LogP contribution in [0.1, 0.15) is 72.1 Å². The Hall–Kier alpha value is -0.290. The summed E-state index contributed by atoms with van der Waals surface area (Å²) in [5.41, 5.74) is -2.30. The summed E-state index contributed by atoms with van der Waals surface area (Å²) < 4.78 is 40.0. The van der Waals surface area contributed by atoms with Gasteiger partial charge in [0.05, 0.1) is 6.10 Å². The van der Waals surface area contributed by atoms with Crippen LogP contribution in [0.2, 0.25) is 0 Å². The molecule has 0 unspecified atom stereocenters. The summed E-state index contributed by atoms with van der Waals surface area (Å²) in [6, 6.07) is 0. The van der Waals surface area contributed by atoms with Crippen molar-refractivity contribution in [3.63, 3.8) is 0 Å². The lowest BCUT2D eigenvalue weighted by atomic mass is 9.48. The average molecular weight is 389 g/mol. The minimum atomic E-state index is -4.51. The van der Waals surface area contributed by atoms with Gasteiger partial charge in [-0.15, -0.1) is 0 Å². The molecule has 2 N–H and O–H groups in total. The van der Waals surface area contributed by atoms with Crippen molar-refractivity contribution in [3.05, 3.63) is 0 Å². The van der Waals surface area contributed by atoms with Crippen LogP contribution in [0, 0.1) is 46.8 Å². The van der Waals surface area contributed by atoms with Crippen molar-refractivity contribution >= 4 is 0 Å². The lowest BCUT2D eigenvalue weighted by Crippen LogP contribution is -2.55. The second kappa shape index (κ2) is 6.35. The van der Waals surface area contributed by atoms with Gasteiger partial charge in [-0.25, -0.2) is 0 Å². The topological polar surface area (TPSA) is 40.5 Å². The fourth-order valence-electron chi connectivity index (χ4n) is 8.48. The Balaban J connectivity index is 1.55. The summed E-state index contributed by atoms with van der Waals surface area (Å²) in [4.78, 5) is 0. The van der Waals surface area contributed by atoms with Crippen LogP contribution in [0.3, 0.4) is 0 Å². The minimum Gasteiger partial charge on any atom is -0.393 e. The van der Waals surface area contributed by atoms with E-state index in [1.54, 1.807) is 0 Å². The van der Waals surface area contributed by atoms with Crippen molar-refractivity contribution in [3.8, 4) is 0 Å². The van der Waals surface area contributed by atoms with Crippen LogP contribution >= 0.6 is 0 Å². The van der Waals surface area contributed by atoms with Crippen molar-refractivity contribution in [2.75, 3.05) is 0 Å². The average Bonchev–Trinajstić information content (AvgIpc) is 2.85. The Labute approximate surface area is 160 Å². The van der Waals surface area contributed by atoms with Crippen LogP contribution < -0.4 is 0 Å². The van der Waals surface area contributed by atoms with Crippen LogP contribution in [-0.4, -0.2) is 28.1 Å². The molecule has 10 atom stereocenters. The number of fused-ring (bicyclic) bond motifs is 5. The predicted octanol–water partition coefficient (Wildman–Crippen LogP) is 5.18. The molecule has 0 aromatic carbocycles. The van der Waals surface area contributed by atoms with Gasteiger partial charge in [0.2, 0.25) is 0 Å². The van der Waals surface area contributed by atoms with E-state index in [0.717, 1.165) is 32.1 Å². The van der Waals surface area contributed by atoms with Gasteiger partial charge in [-0.05, 0) is 105 Å². The summed E-state index contributed by atoms with van der Waals surface area (Å²) >= 11 is 0. The number of aliphatic hydroxyl groups is 2. The quantitative estimate of drug-likeness (QED) is 0.650. The fraction of sp³-hybridized carbons (Fsp3) is 1.00. The molecule has 0 saturated heterocycles. The molecular weight excluding hydrogens is 353 g/mol. The summed E-state index contributed by atoms with van der Waals surface area (Å²) in [6.07, 6.45) is 0.553. The predicted molar refractivity (Wildman–Crippen MR) is 97.8 cm³/mol. The van der Waals surface area contributed by atoms with Crippen molar-refractivity contribution in [1.82, 2.24) is 0 Å². The summed E-state index contributed by atoms with van der Waals surface area (Å²) in [5, 5.41) is 20.6. The highest BCUT2D eigenvalue weighted by atomic mass is 19.4. The normalized spacial score (nSPS) is 54.0.